The van der Waals surface area contributed by atoms with Crippen molar-refractivity contribution in [2.24, 2.45) is 0 Å². The Morgan fingerprint density at radius 1 is 1.00 bits per heavy atom. The van der Waals surface area contributed by atoms with Gasteiger partial charge in [0.25, 0.3) is 5.91 Å². The van der Waals surface area contributed by atoms with Gasteiger partial charge < -0.3 is 20.9 Å². The Balaban J connectivity index is 1.38. The zero-order valence-corrected chi connectivity index (χ0v) is 18.8. The smallest absolute Gasteiger partial charge is 0.268 e. The molecule has 34 heavy (non-hydrogen) atoms. The van der Waals surface area contributed by atoms with E-state index in [9.17, 15) is 9.59 Å². The number of carbonyl (C=O) groups is 2. The van der Waals surface area contributed by atoms with Crippen molar-refractivity contribution in [1.82, 2.24) is 25.6 Å². The number of anilines is 1. The maximum atomic E-state index is 13.0. The summed E-state index contributed by atoms with van der Waals surface area (Å²) in [6.07, 6.45) is 0.934. The summed E-state index contributed by atoms with van der Waals surface area (Å²) in [5.74, 6) is 1.26. The lowest BCUT2D eigenvalue weighted by Crippen LogP contribution is -2.26. The van der Waals surface area contributed by atoms with Crippen molar-refractivity contribution in [3.63, 3.8) is 0 Å². The van der Waals surface area contributed by atoms with Crippen LogP contribution in [0.2, 0.25) is 0 Å². The van der Waals surface area contributed by atoms with Crippen molar-refractivity contribution in [1.29, 1.82) is 0 Å². The highest BCUT2D eigenvalue weighted by atomic mass is 16.2. The Morgan fingerprint density at radius 3 is 2.47 bits per heavy atom. The number of carbonyl (C=O) groups excluding carboxylic acids is 2. The normalized spacial score (nSPS) is 16.7. The van der Waals surface area contributed by atoms with Gasteiger partial charge in [-0.1, -0.05) is 60.7 Å². The van der Waals surface area contributed by atoms with Crippen LogP contribution in [-0.4, -0.2) is 45.9 Å². The van der Waals surface area contributed by atoms with Crippen LogP contribution in [0.4, 0.5) is 5.82 Å². The van der Waals surface area contributed by atoms with Gasteiger partial charge in [-0.2, -0.15) is 0 Å². The molecule has 2 heterocycles. The van der Waals surface area contributed by atoms with E-state index in [1.807, 2.05) is 48.5 Å². The van der Waals surface area contributed by atoms with Crippen LogP contribution >= 0.6 is 0 Å². The standard InChI is InChI=1S/C26H26N6O2/c1-16(33)27-12-13-28-24-20-15-22(26(34)30-21-14-19(21)17-8-4-2-5-9-17)29-25(20)32-23(31-24)18-10-6-3-7-11-18/h2-11,15,19,21H,12-14H2,1H3,(H,27,33)(H,30,34)(H2,28,29,31,32). The maximum Gasteiger partial charge on any atom is 0.268 e. The fourth-order valence-corrected chi connectivity index (χ4v) is 4.07. The number of rotatable bonds is 8. The number of amides is 2. The third kappa shape index (κ3) is 4.76. The number of fused-ring (bicyclic) bond motifs is 1. The van der Waals surface area contributed by atoms with Crippen molar-refractivity contribution < 1.29 is 9.59 Å². The van der Waals surface area contributed by atoms with Gasteiger partial charge in [0.1, 0.15) is 17.2 Å². The number of hydrogen-bond acceptors (Lipinski definition) is 5. The number of aromatic amines is 1. The van der Waals surface area contributed by atoms with Gasteiger partial charge >= 0.3 is 0 Å². The Hall–Kier alpha value is -4.20. The second kappa shape index (κ2) is 9.35. The molecular weight excluding hydrogens is 428 g/mol. The highest BCUT2D eigenvalue weighted by molar-refractivity contribution is 6.00. The Kier molecular flexibility index (Phi) is 5.95. The molecular formula is C26H26N6O2. The molecule has 1 saturated carbocycles. The fourth-order valence-electron chi connectivity index (χ4n) is 4.07. The minimum Gasteiger partial charge on any atom is -0.368 e. The molecule has 1 aliphatic rings. The molecule has 0 radical (unpaired) electrons. The minimum atomic E-state index is -0.160. The van der Waals surface area contributed by atoms with E-state index in [0.29, 0.717) is 42.0 Å². The molecule has 8 nitrogen and oxygen atoms in total. The summed E-state index contributed by atoms with van der Waals surface area (Å²) >= 11 is 0. The van der Waals surface area contributed by atoms with E-state index in [0.717, 1.165) is 17.4 Å². The van der Waals surface area contributed by atoms with Crippen molar-refractivity contribution >= 4 is 28.7 Å². The summed E-state index contributed by atoms with van der Waals surface area (Å²) in [7, 11) is 0. The van der Waals surface area contributed by atoms with E-state index in [1.54, 1.807) is 6.07 Å². The molecule has 1 aliphatic carbocycles. The second-order valence-corrected chi connectivity index (χ2v) is 8.45. The van der Waals surface area contributed by atoms with Crippen LogP contribution in [0.15, 0.2) is 66.7 Å². The molecule has 2 aromatic carbocycles. The lowest BCUT2D eigenvalue weighted by molar-refractivity contribution is -0.118. The summed E-state index contributed by atoms with van der Waals surface area (Å²) < 4.78 is 0. The van der Waals surface area contributed by atoms with E-state index in [4.69, 9.17) is 4.98 Å². The lowest BCUT2D eigenvalue weighted by atomic mass is 10.1. The van der Waals surface area contributed by atoms with Gasteiger partial charge in [-0.15, -0.1) is 0 Å². The molecule has 0 aliphatic heterocycles. The highest BCUT2D eigenvalue weighted by Gasteiger charge is 2.39. The van der Waals surface area contributed by atoms with E-state index < -0.39 is 0 Å². The predicted molar refractivity (Wildman–Crippen MR) is 132 cm³/mol. The number of hydrogen-bond donors (Lipinski definition) is 4. The topological polar surface area (TPSA) is 112 Å². The molecule has 0 spiro atoms. The fraction of sp³-hybridized carbons (Fsp3) is 0.231. The third-order valence-corrected chi connectivity index (χ3v) is 5.89. The SMILES string of the molecule is CC(=O)NCCNc1nc(-c2ccccc2)nc2[nH]c(C(=O)NC3CC3c3ccccc3)cc12. The molecule has 2 atom stereocenters. The summed E-state index contributed by atoms with van der Waals surface area (Å²) in [5.41, 5.74) is 3.14. The molecule has 0 saturated heterocycles. The van der Waals surface area contributed by atoms with Crippen LogP contribution in [0.3, 0.4) is 0 Å². The monoisotopic (exact) mass is 454 g/mol. The molecule has 172 valence electrons. The van der Waals surface area contributed by atoms with E-state index in [-0.39, 0.29) is 17.9 Å². The first kappa shape index (κ1) is 21.6. The van der Waals surface area contributed by atoms with Gasteiger partial charge in [-0.3, -0.25) is 9.59 Å². The quantitative estimate of drug-likeness (QED) is 0.305. The van der Waals surface area contributed by atoms with Gasteiger partial charge in [0.05, 0.1) is 5.39 Å². The summed E-state index contributed by atoms with van der Waals surface area (Å²) in [6.45, 7) is 2.44. The molecule has 4 aromatic rings. The lowest BCUT2D eigenvalue weighted by Gasteiger charge is -2.09. The van der Waals surface area contributed by atoms with Gasteiger partial charge in [-0.25, -0.2) is 9.97 Å². The number of aromatic nitrogens is 3. The van der Waals surface area contributed by atoms with Crippen LogP contribution in [0.1, 0.15) is 35.3 Å². The summed E-state index contributed by atoms with van der Waals surface area (Å²) in [4.78, 5) is 36.7. The largest absolute Gasteiger partial charge is 0.368 e. The van der Waals surface area contributed by atoms with Crippen molar-refractivity contribution in [3.05, 3.63) is 78.0 Å². The molecule has 2 aromatic heterocycles. The van der Waals surface area contributed by atoms with E-state index in [2.05, 4.69) is 38.1 Å². The number of nitrogens with one attached hydrogen (secondary N) is 4. The van der Waals surface area contributed by atoms with Crippen LogP contribution in [-0.2, 0) is 4.79 Å². The maximum absolute atomic E-state index is 13.0. The first-order valence-corrected chi connectivity index (χ1v) is 11.4. The number of benzene rings is 2. The zero-order chi connectivity index (χ0) is 23.5. The molecule has 1 fully saturated rings. The van der Waals surface area contributed by atoms with Gasteiger partial charge in [0.2, 0.25) is 5.91 Å². The van der Waals surface area contributed by atoms with Gasteiger partial charge in [0, 0.05) is 37.5 Å². The molecule has 2 amide bonds. The second-order valence-electron chi connectivity index (χ2n) is 8.45. The van der Waals surface area contributed by atoms with Crippen molar-refractivity contribution in [2.75, 3.05) is 18.4 Å². The molecule has 8 heteroatoms. The van der Waals surface area contributed by atoms with E-state index >= 15 is 0 Å². The van der Waals surface area contributed by atoms with Crippen molar-refractivity contribution in [2.45, 2.75) is 25.3 Å². The van der Waals surface area contributed by atoms with Crippen LogP contribution in [0.5, 0.6) is 0 Å². The van der Waals surface area contributed by atoms with Crippen LogP contribution in [0, 0.1) is 0 Å². The van der Waals surface area contributed by atoms with Gasteiger partial charge in [-0.05, 0) is 18.1 Å². The predicted octanol–water partition coefficient (Wildman–Crippen LogP) is 3.46. The number of H-pyrrole nitrogens is 1. The third-order valence-electron chi connectivity index (χ3n) is 5.89. The summed E-state index contributed by atoms with van der Waals surface area (Å²) in [5, 5.41) is 9.88. The van der Waals surface area contributed by atoms with Crippen LogP contribution in [0.25, 0.3) is 22.4 Å². The van der Waals surface area contributed by atoms with Crippen molar-refractivity contribution in [3.8, 4) is 11.4 Å². The Morgan fingerprint density at radius 2 is 1.74 bits per heavy atom. The molecule has 2 unspecified atom stereocenters. The van der Waals surface area contributed by atoms with E-state index in [1.165, 1.54) is 12.5 Å². The average Bonchev–Trinajstić information content (AvgIpc) is 3.48. The van der Waals surface area contributed by atoms with Crippen LogP contribution < -0.4 is 16.0 Å². The highest BCUT2D eigenvalue weighted by Crippen LogP contribution is 2.40. The first-order chi connectivity index (χ1) is 16.6. The molecule has 4 N–H and O–H groups in total. The molecule has 5 rings (SSSR count). The van der Waals surface area contributed by atoms with Gasteiger partial charge in [0.15, 0.2) is 5.82 Å². The minimum absolute atomic E-state index is 0.0888. The summed E-state index contributed by atoms with van der Waals surface area (Å²) in [6, 6.07) is 21.8. The zero-order valence-electron chi connectivity index (χ0n) is 18.8. The first-order valence-electron chi connectivity index (χ1n) is 11.4. The Labute approximate surface area is 197 Å². The Bertz CT molecular complexity index is 1320. The molecule has 0 bridgehead atoms. The number of nitrogens with zero attached hydrogens (tertiary/aromatic N) is 2. The average molecular weight is 455 g/mol.